The summed E-state index contributed by atoms with van der Waals surface area (Å²) in [6, 6.07) is 5.48. The molecule has 0 aliphatic heterocycles. The molecule has 0 amide bonds. The summed E-state index contributed by atoms with van der Waals surface area (Å²) in [5.74, 6) is -0.510. The Hall–Kier alpha value is -1.07. The van der Waals surface area contributed by atoms with Gasteiger partial charge in [-0.05, 0) is 38.2 Å². The molecule has 0 aliphatic carbocycles. The van der Waals surface area contributed by atoms with E-state index in [1.807, 2.05) is 20.2 Å². The summed E-state index contributed by atoms with van der Waals surface area (Å²) in [5.41, 5.74) is 0.954. The Morgan fingerprint density at radius 2 is 2.05 bits per heavy atom. The van der Waals surface area contributed by atoms with E-state index in [1.54, 1.807) is 12.1 Å². The predicted molar refractivity (Wildman–Crippen MR) is 81.9 cm³/mol. The number of carboxylic acids is 1. The molecule has 4 nitrogen and oxygen atoms in total. The van der Waals surface area contributed by atoms with Crippen LogP contribution in [0.4, 0.5) is 5.69 Å². The van der Waals surface area contributed by atoms with Crippen LogP contribution in [0.25, 0.3) is 0 Å². The van der Waals surface area contributed by atoms with Gasteiger partial charge in [-0.25, -0.2) is 4.79 Å². The van der Waals surface area contributed by atoms with Gasteiger partial charge in [0.2, 0.25) is 0 Å². The Morgan fingerprint density at radius 1 is 1.42 bits per heavy atom. The molecule has 1 atom stereocenters. The number of likely N-dealkylation sites (N-methyl/N-ethyl adjacent to an activating group) is 1. The topological polar surface area (TPSA) is 52.6 Å². The molecule has 0 aromatic heterocycles. The van der Waals surface area contributed by atoms with E-state index < -0.39 is 5.97 Å². The molecule has 0 fully saturated rings. The van der Waals surface area contributed by atoms with Crippen molar-refractivity contribution in [2.45, 2.75) is 19.9 Å². The van der Waals surface area contributed by atoms with Gasteiger partial charge in [0.1, 0.15) is 0 Å². The number of nitrogens with zero attached hydrogens (tertiary/aromatic N) is 1. The fourth-order valence-corrected chi connectivity index (χ4v) is 2.20. The minimum absolute atomic E-state index is 0.203. The maximum atomic E-state index is 11.3. The third-order valence-corrected chi connectivity index (χ3v) is 3.41. The number of carboxylic acid groups (broad SMARTS) is 1. The zero-order valence-corrected chi connectivity index (χ0v) is 13.4. The first-order valence-corrected chi connectivity index (χ1v) is 7.04. The third kappa shape index (κ3) is 4.84. The van der Waals surface area contributed by atoms with Gasteiger partial charge in [0.25, 0.3) is 0 Å². The molecule has 2 N–H and O–H groups in total. The van der Waals surface area contributed by atoms with Crippen molar-refractivity contribution in [1.29, 1.82) is 0 Å². The number of rotatable bonds is 6. The van der Waals surface area contributed by atoms with E-state index in [1.165, 1.54) is 0 Å². The van der Waals surface area contributed by atoms with E-state index in [9.17, 15) is 9.90 Å². The van der Waals surface area contributed by atoms with Crippen LogP contribution in [0, 0.1) is 5.92 Å². The number of carbonyl (C=O) groups is 1. The first-order chi connectivity index (χ1) is 8.81. The van der Waals surface area contributed by atoms with E-state index in [0.29, 0.717) is 17.2 Å². The fourth-order valence-electron chi connectivity index (χ4n) is 1.84. The van der Waals surface area contributed by atoms with Crippen molar-refractivity contribution in [2.75, 3.05) is 26.0 Å². The van der Waals surface area contributed by atoms with Crippen molar-refractivity contribution < 1.29 is 9.90 Å². The van der Waals surface area contributed by atoms with Gasteiger partial charge < -0.3 is 15.3 Å². The summed E-state index contributed by atoms with van der Waals surface area (Å²) in [4.78, 5) is 13.4. The van der Waals surface area contributed by atoms with Gasteiger partial charge in [-0.2, -0.15) is 0 Å². The molecule has 1 unspecified atom stereocenters. The molecule has 0 heterocycles. The Morgan fingerprint density at radius 3 is 2.53 bits per heavy atom. The summed E-state index contributed by atoms with van der Waals surface area (Å²) >= 11 is 3.30. The minimum Gasteiger partial charge on any atom is -0.478 e. The van der Waals surface area contributed by atoms with Crippen LogP contribution in [-0.2, 0) is 0 Å². The smallest absolute Gasteiger partial charge is 0.337 e. The molecule has 1 aromatic carbocycles. The van der Waals surface area contributed by atoms with Crippen molar-refractivity contribution in [3.63, 3.8) is 0 Å². The maximum absolute atomic E-state index is 11.3. The quantitative estimate of drug-likeness (QED) is 0.842. The summed E-state index contributed by atoms with van der Waals surface area (Å²) in [6.45, 7) is 5.10. The molecule has 0 radical (unpaired) electrons. The van der Waals surface area contributed by atoms with Crippen LogP contribution in [0.2, 0.25) is 0 Å². The van der Waals surface area contributed by atoms with Crippen LogP contribution in [0.5, 0.6) is 0 Å². The Labute approximate surface area is 122 Å². The maximum Gasteiger partial charge on any atom is 0.337 e. The van der Waals surface area contributed by atoms with Gasteiger partial charge in [0.05, 0.1) is 5.56 Å². The van der Waals surface area contributed by atoms with Gasteiger partial charge >= 0.3 is 5.97 Å². The van der Waals surface area contributed by atoms with Crippen LogP contribution in [0.1, 0.15) is 24.2 Å². The summed E-state index contributed by atoms with van der Waals surface area (Å²) < 4.78 is 0.768. The van der Waals surface area contributed by atoms with Crippen molar-refractivity contribution in [2.24, 2.45) is 5.92 Å². The highest BCUT2D eigenvalue weighted by atomic mass is 79.9. The van der Waals surface area contributed by atoms with Crippen molar-refractivity contribution in [3.8, 4) is 0 Å². The van der Waals surface area contributed by atoms with Crippen LogP contribution in [0.15, 0.2) is 22.7 Å². The Kier molecular flexibility index (Phi) is 5.82. The van der Waals surface area contributed by atoms with Gasteiger partial charge in [-0.15, -0.1) is 0 Å². The van der Waals surface area contributed by atoms with Crippen molar-refractivity contribution in [3.05, 3.63) is 28.2 Å². The van der Waals surface area contributed by atoms with Gasteiger partial charge in [-0.1, -0.05) is 29.8 Å². The number of halogens is 1. The molecule has 0 saturated heterocycles. The monoisotopic (exact) mass is 328 g/mol. The molecular weight excluding hydrogens is 308 g/mol. The van der Waals surface area contributed by atoms with E-state index in [2.05, 4.69) is 40.0 Å². The molecule has 5 heteroatoms. The minimum atomic E-state index is -0.920. The van der Waals surface area contributed by atoms with Crippen LogP contribution in [-0.4, -0.2) is 42.7 Å². The highest BCUT2D eigenvalue weighted by Crippen LogP contribution is 2.23. The largest absolute Gasteiger partial charge is 0.478 e. The number of benzene rings is 1. The number of hydrogen-bond acceptors (Lipinski definition) is 3. The van der Waals surface area contributed by atoms with E-state index >= 15 is 0 Å². The van der Waals surface area contributed by atoms with Crippen molar-refractivity contribution >= 4 is 27.6 Å². The molecule has 0 spiro atoms. The third-order valence-electron chi connectivity index (χ3n) is 2.92. The number of hydrogen-bond donors (Lipinski definition) is 2. The summed E-state index contributed by atoms with van der Waals surface area (Å²) in [7, 11) is 4.02. The molecule has 0 bridgehead atoms. The molecule has 19 heavy (non-hydrogen) atoms. The fraction of sp³-hybridized carbons (Fsp3) is 0.500. The van der Waals surface area contributed by atoms with Crippen LogP contribution < -0.4 is 5.32 Å². The van der Waals surface area contributed by atoms with Gasteiger partial charge in [0.15, 0.2) is 0 Å². The van der Waals surface area contributed by atoms with E-state index in [-0.39, 0.29) is 6.04 Å². The second-order valence-corrected chi connectivity index (χ2v) is 6.17. The Balaban J connectivity index is 2.99. The van der Waals surface area contributed by atoms with Crippen LogP contribution >= 0.6 is 15.9 Å². The van der Waals surface area contributed by atoms with Crippen LogP contribution in [0.3, 0.4) is 0 Å². The summed E-state index contributed by atoms with van der Waals surface area (Å²) in [5, 5.41) is 12.6. The molecule has 1 aromatic rings. The normalized spacial score (nSPS) is 12.8. The van der Waals surface area contributed by atoms with E-state index in [0.717, 1.165) is 11.0 Å². The molecule has 106 valence electrons. The first-order valence-electron chi connectivity index (χ1n) is 6.25. The lowest BCUT2D eigenvalue weighted by Gasteiger charge is -2.27. The summed E-state index contributed by atoms with van der Waals surface area (Å²) in [6.07, 6.45) is 0. The highest BCUT2D eigenvalue weighted by molar-refractivity contribution is 9.10. The lowest BCUT2D eigenvalue weighted by Crippen LogP contribution is -2.36. The van der Waals surface area contributed by atoms with Gasteiger partial charge in [-0.3, -0.25) is 0 Å². The zero-order chi connectivity index (χ0) is 14.6. The lowest BCUT2D eigenvalue weighted by atomic mass is 10.0. The number of aromatic carboxylic acids is 1. The van der Waals surface area contributed by atoms with Crippen molar-refractivity contribution in [1.82, 2.24) is 4.90 Å². The second-order valence-electron chi connectivity index (χ2n) is 5.25. The average molecular weight is 329 g/mol. The molecular formula is C14H21BrN2O2. The molecule has 0 aliphatic rings. The molecule has 0 saturated carbocycles. The highest BCUT2D eigenvalue weighted by Gasteiger charge is 2.18. The van der Waals surface area contributed by atoms with Gasteiger partial charge in [0, 0.05) is 22.7 Å². The first kappa shape index (κ1) is 16.0. The predicted octanol–water partition coefficient (Wildman–Crippen LogP) is 3.15. The number of anilines is 1. The molecule has 1 rings (SSSR count). The second kappa shape index (κ2) is 6.91. The SMILES string of the molecule is CC(C)C(CN(C)C)Nc1ccc(Br)cc1C(=O)O. The Bertz CT molecular complexity index is 447. The zero-order valence-electron chi connectivity index (χ0n) is 11.8. The average Bonchev–Trinajstić information content (AvgIpc) is 2.29. The van der Waals surface area contributed by atoms with E-state index in [4.69, 9.17) is 0 Å². The number of nitrogens with one attached hydrogen (secondary N) is 1. The lowest BCUT2D eigenvalue weighted by molar-refractivity contribution is 0.0697. The standard InChI is InChI=1S/C14H21BrN2O2/c1-9(2)13(8-17(3)4)16-12-6-5-10(15)7-11(12)14(18)19/h5-7,9,13,16H,8H2,1-4H3,(H,18,19).